The minimum absolute atomic E-state index is 0.868. The molecule has 0 fully saturated rings. The maximum Gasteiger partial charge on any atom is 0.163 e. The number of pyridine rings is 1. The van der Waals surface area contributed by atoms with Crippen LogP contribution in [0.5, 0.6) is 0 Å². The topological polar surface area (TPSA) is 43.6 Å². The Bertz CT molecular complexity index is 685. The number of fused-ring (bicyclic) bond motifs is 1. The van der Waals surface area contributed by atoms with E-state index in [-0.39, 0.29) is 0 Å². The van der Waals surface area contributed by atoms with Crippen LogP contribution in [0.1, 0.15) is 5.69 Å². The second kappa shape index (κ2) is 3.66. The molecule has 0 aliphatic heterocycles. The van der Waals surface area contributed by atoms with Crippen molar-refractivity contribution in [3.8, 4) is 11.4 Å². The third-order valence-electron chi connectivity index (χ3n) is 2.80. The van der Waals surface area contributed by atoms with E-state index < -0.39 is 0 Å². The van der Waals surface area contributed by atoms with Crippen LogP contribution in [0.4, 0.5) is 0 Å². The average Bonchev–Trinajstić information content (AvgIpc) is 2.75. The summed E-state index contributed by atoms with van der Waals surface area (Å²) < 4.78 is 1.91. The number of aromatic nitrogens is 4. The first-order chi connectivity index (χ1) is 8.24. The number of benzene rings is 1. The molecule has 2 heterocycles. The second-order valence-corrected chi connectivity index (χ2v) is 4.13. The van der Waals surface area contributed by atoms with Crippen molar-refractivity contribution in [3.63, 3.8) is 0 Å². The Morgan fingerprint density at radius 2 is 2.00 bits per heavy atom. The van der Waals surface area contributed by atoms with Crippen LogP contribution in [-0.4, -0.2) is 19.7 Å². The summed E-state index contributed by atoms with van der Waals surface area (Å²) in [5.41, 5.74) is 3.10. The third-order valence-corrected chi connectivity index (χ3v) is 2.80. The number of aryl methyl sites for hydroxylation is 2. The van der Waals surface area contributed by atoms with Crippen molar-refractivity contribution in [1.29, 1.82) is 0 Å². The molecule has 0 radical (unpaired) electrons. The Kier molecular flexibility index (Phi) is 2.14. The van der Waals surface area contributed by atoms with E-state index in [9.17, 15) is 0 Å². The fourth-order valence-electron chi connectivity index (χ4n) is 1.91. The van der Waals surface area contributed by atoms with Crippen molar-refractivity contribution in [3.05, 3.63) is 42.4 Å². The van der Waals surface area contributed by atoms with E-state index >= 15 is 0 Å². The van der Waals surface area contributed by atoms with Crippen LogP contribution >= 0.6 is 0 Å². The van der Waals surface area contributed by atoms with E-state index in [2.05, 4.69) is 27.3 Å². The van der Waals surface area contributed by atoms with E-state index in [1.165, 1.54) is 0 Å². The summed E-state index contributed by atoms with van der Waals surface area (Å²) in [6.45, 7) is 2.00. The lowest BCUT2D eigenvalue weighted by molar-refractivity contribution is 0.920. The Hall–Kier alpha value is -2.23. The molecule has 4 nitrogen and oxygen atoms in total. The normalized spacial score (nSPS) is 10.9. The van der Waals surface area contributed by atoms with Crippen LogP contribution < -0.4 is 0 Å². The van der Waals surface area contributed by atoms with Crippen molar-refractivity contribution < 1.29 is 0 Å². The van der Waals surface area contributed by atoms with Crippen LogP contribution in [-0.2, 0) is 7.05 Å². The summed E-state index contributed by atoms with van der Waals surface area (Å²) in [5.74, 6) is 0.868. The molecule has 84 valence electrons. The molecule has 0 saturated carbocycles. The van der Waals surface area contributed by atoms with Crippen molar-refractivity contribution in [1.82, 2.24) is 19.7 Å². The van der Waals surface area contributed by atoms with Crippen molar-refractivity contribution in [2.75, 3.05) is 0 Å². The molecule has 0 atom stereocenters. The molecule has 4 heteroatoms. The zero-order chi connectivity index (χ0) is 11.8. The van der Waals surface area contributed by atoms with E-state index in [0.717, 1.165) is 28.0 Å². The van der Waals surface area contributed by atoms with Gasteiger partial charge in [-0.3, -0.25) is 4.98 Å². The molecule has 3 aromatic rings. The Balaban J connectivity index is 2.20. The predicted octanol–water partition coefficient (Wildman–Crippen LogP) is 2.34. The highest BCUT2D eigenvalue weighted by molar-refractivity contribution is 5.83. The Labute approximate surface area is 98.9 Å². The van der Waals surface area contributed by atoms with Gasteiger partial charge in [0.1, 0.15) is 6.33 Å². The lowest BCUT2D eigenvalue weighted by Gasteiger charge is -2.03. The Morgan fingerprint density at radius 1 is 1.12 bits per heavy atom. The highest BCUT2D eigenvalue weighted by Gasteiger charge is 2.05. The molecule has 0 unspecified atom stereocenters. The molecule has 0 saturated heterocycles. The van der Waals surface area contributed by atoms with E-state index in [1.54, 1.807) is 6.33 Å². The first kappa shape index (κ1) is 9.96. The number of nitrogens with zero attached hydrogens (tertiary/aromatic N) is 4. The van der Waals surface area contributed by atoms with Crippen molar-refractivity contribution in [2.24, 2.45) is 7.05 Å². The molecule has 17 heavy (non-hydrogen) atoms. The zero-order valence-electron chi connectivity index (χ0n) is 9.75. The molecule has 0 aliphatic rings. The van der Waals surface area contributed by atoms with Gasteiger partial charge in [0.25, 0.3) is 0 Å². The predicted molar refractivity (Wildman–Crippen MR) is 66.5 cm³/mol. The van der Waals surface area contributed by atoms with E-state index in [4.69, 9.17) is 0 Å². The summed E-state index contributed by atoms with van der Waals surface area (Å²) >= 11 is 0. The molecular formula is C13H12N4. The molecule has 0 aliphatic carbocycles. The molecule has 3 rings (SSSR count). The quantitative estimate of drug-likeness (QED) is 0.637. The number of rotatable bonds is 1. The lowest BCUT2D eigenvalue weighted by atomic mass is 10.1. The molecule has 2 aromatic heterocycles. The first-order valence-corrected chi connectivity index (χ1v) is 5.46. The highest BCUT2D eigenvalue weighted by atomic mass is 15.2. The van der Waals surface area contributed by atoms with Gasteiger partial charge in [-0.25, -0.2) is 0 Å². The van der Waals surface area contributed by atoms with Gasteiger partial charge < -0.3 is 4.57 Å². The van der Waals surface area contributed by atoms with Crippen LogP contribution in [0, 0.1) is 6.92 Å². The summed E-state index contributed by atoms with van der Waals surface area (Å²) in [6, 6.07) is 10.2. The standard InChI is InChI=1S/C13H12N4/c1-9-3-4-10-7-11(5-6-12(10)15-9)13-16-14-8-17(13)2/h3-8H,1-2H3. The maximum absolute atomic E-state index is 4.48. The van der Waals surface area contributed by atoms with Gasteiger partial charge in [-0.05, 0) is 31.2 Å². The number of hydrogen-bond acceptors (Lipinski definition) is 3. The summed E-state index contributed by atoms with van der Waals surface area (Å²) in [7, 11) is 1.94. The second-order valence-electron chi connectivity index (χ2n) is 4.13. The monoisotopic (exact) mass is 224 g/mol. The van der Waals surface area contributed by atoms with Gasteiger partial charge in [-0.2, -0.15) is 0 Å². The average molecular weight is 224 g/mol. The van der Waals surface area contributed by atoms with Crippen LogP contribution in [0.3, 0.4) is 0 Å². The highest BCUT2D eigenvalue weighted by Crippen LogP contribution is 2.21. The number of hydrogen-bond donors (Lipinski definition) is 0. The van der Waals surface area contributed by atoms with Gasteiger partial charge in [-0.1, -0.05) is 6.07 Å². The van der Waals surface area contributed by atoms with Crippen LogP contribution in [0.15, 0.2) is 36.7 Å². The molecule has 0 spiro atoms. The van der Waals surface area contributed by atoms with Crippen molar-refractivity contribution >= 4 is 10.9 Å². The minimum atomic E-state index is 0.868. The SMILES string of the molecule is Cc1ccc2cc(-c3nncn3C)ccc2n1. The summed E-state index contributed by atoms with van der Waals surface area (Å²) in [6.07, 6.45) is 1.70. The molecule has 0 bridgehead atoms. The molecule has 1 aromatic carbocycles. The van der Waals surface area contributed by atoms with Crippen LogP contribution in [0.2, 0.25) is 0 Å². The smallest absolute Gasteiger partial charge is 0.163 e. The minimum Gasteiger partial charge on any atom is -0.317 e. The maximum atomic E-state index is 4.48. The van der Waals surface area contributed by atoms with Gasteiger partial charge in [0.05, 0.1) is 5.52 Å². The third kappa shape index (κ3) is 1.67. The Morgan fingerprint density at radius 3 is 2.76 bits per heavy atom. The lowest BCUT2D eigenvalue weighted by Crippen LogP contribution is -1.91. The van der Waals surface area contributed by atoms with Gasteiger partial charge in [0.2, 0.25) is 0 Å². The zero-order valence-corrected chi connectivity index (χ0v) is 9.75. The van der Waals surface area contributed by atoms with Gasteiger partial charge in [0.15, 0.2) is 5.82 Å². The molecule has 0 N–H and O–H groups in total. The van der Waals surface area contributed by atoms with Gasteiger partial charge >= 0.3 is 0 Å². The van der Waals surface area contributed by atoms with Gasteiger partial charge in [0, 0.05) is 23.7 Å². The fourth-order valence-corrected chi connectivity index (χ4v) is 1.91. The molecular weight excluding hydrogens is 212 g/mol. The fraction of sp³-hybridized carbons (Fsp3) is 0.154. The molecule has 0 amide bonds. The van der Waals surface area contributed by atoms with E-state index in [0.29, 0.717) is 0 Å². The van der Waals surface area contributed by atoms with E-state index in [1.807, 2.05) is 36.7 Å². The van der Waals surface area contributed by atoms with Gasteiger partial charge in [-0.15, -0.1) is 10.2 Å². The summed E-state index contributed by atoms with van der Waals surface area (Å²) in [4.78, 5) is 4.48. The largest absolute Gasteiger partial charge is 0.317 e. The summed E-state index contributed by atoms with van der Waals surface area (Å²) in [5, 5.41) is 9.11. The van der Waals surface area contributed by atoms with Crippen LogP contribution in [0.25, 0.3) is 22.3 Å². The van der Waals surface area contributed by atoms with Crippen molar-refractivity contribution in [2.45, 2.75) is 6.92 Å². The first-order valence-electron chi connectivity index (χ1n) is 5.46.